The average molecular weight is 600 g/mol. The van der Waals surface area contributed by atoms with E-state index in [0.29, 0.717) is 24.7 Å². The average Bonchev–Trinajstić information content (AvgIpc) is 3.54. The highest BCUT2D eigenvalue weighted by Gasteiger charge is 2.31. The minimum atomic E-state index is -4.37. The van der Waals surface area contributed by atoms with Gasteiger partial charge < -0.3 is 14.6 Å². The molecule has 0 spiro atoms. The number of hydrogen-bond donors (Lipinski definition) is 1. The van der Waals surface area contributed by atoms with Gasteiger partial charge in [0.05, 0.1) is 17.4 Å². The molecule has 0 aliphatic carbocycles. The molecule has 4 aromatic rings. The monoisotopic (exact) mass is 599 g/mol. The highest BCUT2D eigenvalue weighted by molar-refractivity contribution is 6.31. The van der Waals surface area contributed by atoms with Gasteiger partial charge in [-0.05, 0) is 68.4 Å². The number of benzene rings is 2. The molecular formula is C32H37ClF3N5O. The van der Waals surface area contributed by atoms with Crippen LogP contribution in [-0.2, 0) is 25.7 Å². The molecule has 6 rings (SSSR count). The molecule has 10 heteroatoms. The number of likely N-dealkylation sites (tertiary alicyclic amines) is 1. The van der Waals surface area contributed by atoms with Crippen molar-refractivity contribution < 1.29 is 18.3 Å². The van der Waals surface area contributed by atoms with Gasteiger partial charge in [-0.3, -0.25) is 9.58 Å². The molecular weight excluding hydrogens is 563 g/mol. The van der Waals surface area contributed by atoms with Gasteiger partial charge in [-0.15, -0.1) is 0 Å². The number of aliphatic hydroxyl groups excluding tert-OH is 1. The van der Waals surface area contributed by atoms with E-state index < -0.39 is 17.8 Å². The van der Waals surface area contributed by atoms with E-state index in [2.05, 4.69) is 43.4 Å². The first-order valence-electron chi connectivity index (χ1n) is 14.8. The SMILES string of the molecule is CC(O)CN1CCc2c(c(-c3ccc(C(F)(F)F)cc3)nn2CCCN2CCC(n3ccc4ccc(Cl)cc43)CC2)C1. The summed E-state index contributed by atoms with van der Waals surface area (Å²) in [6.45, 7) is 7.59. The molecule has 6 nitrogen and oxygen atoms in total. The predicted octanol–water partition coefficient (Wildman–Crippen LogP) is 6.64. The van der Waals surface area contributed by atoms with Gasteiger partial charge >= 0.3 is 6.18 Å². The summed E-state index contributed by atoms with van der Waals surface area (Å²) in [4.78, 5) is 4.71. The summed E-state index contributed by atoms with van der Waals surface area (Å²) < 4.78 is 44.0. The molecule has 1 atom stereocenters. The van der Waals surface area contributed by atoms with Crippen molar-refractivity contribution in [2.75, 3.05) is 32.7 Å². The molecule has 1 fully saturated rings. The summed E-state index contributed by atoms with van der Waals surface area (Å²) in [7, 11) is 0. The molecule has 0 saturated carbocycles. The van der Waals surface area contributed by atoms with Crippen LogP contribution in [0.2, 0.25) is 5.02 Å². The Hall–Kier alpha value is -2.85. The Morgan fingerprint density at radius 1 is 1.00 bits per heavy atom. The lowest BCUT2D eigenvalue weighted by atomic mass is 9.99. The standard InChI is InChI=1S/C32H37ClF3N5O/c1-22(42)20-39-17-12-29-28(21-39)31(24-3-6-25(7-4-24)32(34,35)36)37-41(29)14-2-13-38-15-10-27(11-16-38)40-18-9-23-5-8-26(33)19-30(23)40/h3-9,18-19,22,27,42H,2,10-17,20-21H2,1H3. The summed E-state index contributed by atoms with van der Waals surface area (Å²) >= 11 is 6.27. The first-order valence-corrected chi connectivity index (χ1v) is 15.2. The van der Waals surface area contributed by atoms with Crippen molar-refractivity contribution in [1.82, 2.24) is 24.1 Å². The Labute approximate surface area is 249 Å². The van der Waals surface area contributed by atoms with Gasteiger partial charge in [-0.25, -0.2) is 0 Å². The molecule has 0 radical (unpaired) electrons. The second kappa shape index (κ2) is 12.0. The number of alkyl halides is 3. The number of aryl methyl sites for hydroxylation is 1. The van der Waals surface area contributed by atoms with E-state index in [1.807, 2.05) is 6.07 Å². The zero-order valence-electron chi connectivity index (χ0n) is 23.8. The van der Waals surface area contributed by atoms with Crippen LogP contribution < -0.4 is 0 Å². The number of rotatable bonds is 8. The largest absolute Gasteiger partial charge is 0.416 e. The van der Waals surface area contributed by atoms with Crippen LogP contribution in [0.4, 0.5) is 13.2 Å². The predicted molar refractivity (Wildman–Crippen MR) is 160 cm³/mol. The number of aliphatic hydroxyl groups is 1. The Bertz CT molecular complexity index is 1520. The quantitative estimate of drug-likeness (QED) is 0.247. The minimum absolute atomic E-state index is 0.450. The van der Waals surface area contributed by atoms with Crippen molar-refractivity contribution in [3.8, 4) is 11.3 Å². The molecule has 2 aromatic heterocycles. The molecule has 2 aromatic carbocycles. The number of halogens is 4. The second-order valence-electron chi connectivity index (χ2n) is 11.8. The van der Waals surface area contributed by atoms with E-state index in [0.717, 1.165) is 92.5 Å². The smallest absolute Gasteiger partial charge is 0.392 e. The maximum atomic E-state index is 13.2. The first-order chi connectivity index (χ1) is 20.2. The fraction of sp³-hybridized carbons (Fsp3) is 0.469. The van der Waals surface area contributed by atoms with Crippen LogP contribution in [0.15, 0.2) is 54.7 Å². The van der Waals surface area contributed by atoms with Gasteiger partial charge in [0.1, 0.15) is 0 Å². The lowest BCUT2D eigenvalue weighted by molar-refractivity contribution is -0.137. The number of piperidine rings is 1. The molecule has 0 amide bonds. The summed E-state index contributed by atoms with van der Waals surface area (Å²) in [6.07, 6.45) is 1.28. The van der Waals surface area contributed by atoms with Gasteiger partial charge in [-0.2, -0.15) is 18.3 Å². The van der Waals surface area contributed by atoms with Crippen molar-refractivity contribution in [3.05, 3.63) is 76.6 Å². The Kier molecular flexibility index (Phi) is 8.37. The maximum absolute atomic E-state index is 13.2. The van der Waals surface area contributed by atoms with Crippen molar-refractivity contribution in [1.29, 1.82) is 0 Å². The van der Waals surface area contributed by atoms with Crippen molar-refractivity contribution >= 4 is 22.5 Å². The molecule has 4 heterocycles. The third kappa shape index (κ3) is 6.25. The molecule has 2 aliphatic rings. The topological polar surface area (TPSA) is 49.5 Å². The van der Waals surface area contributed by atoms with Crippen LogP contribution in [0.5, 0.6) is 0 Å². The Morgan fingerprint density at radius 2 is 1.76 bits per heavy atom. The zero-order valence-corrected chi connectivity index (χ0v) is 24.6. The van der Waals surface area contributed by atoms with E-state index in [4.69, 9.17) is 16.7 Å². The number of hydrogen-bond acceptors (Lipinski definition) is 4. The van der Waals surface area contributed by atoms with Crippen LogP contribution in [0.3, 0.4) is 0 Å². The fourth-order valence-electron chi connectivity index (χ4n) is 6.62. The zero-order chi connectivity index (χ0) is 29.4. The van der Waals surface area contributed by atoms with Crippen LogP contribution >= 0.6 is 11.6 Å². The highest BCUT2D eigenvalue weighted by Crippen LogP contribution is 2.34. The molecule has 0 bridgehead atoms. The minimum Gasteiger partial charge on any atom is -0.392 e. The van der Waals surface area contributed by atoms with E-state index in [1.54, 1.807) is 6.92 Å². The number of fused-ring (bicyclic) bond motifs is 2. The fourth-order valence-corrected chi connectivity index (χ4v) is 6.78. The lowest BCUT2D eigenvalue weighted by Crippen LogP contribution is -2.36. The Balaban J connectivity index is 1.12. The van der Waals surface area contributed by atoms with Crippen molar-refractivity contribution in [3.63, 3.8) is 0 Å². The Morgan fingerprint density at radius 3 is 2.48 bits per heavy atom. The van der Waals surface area contributed by atoms with Gasteiger partial charge in [0.2, 0.25) is 0 Å². The second-order valence-corrected chi connectivity index (χ2v) is 12.2. The van der Waals surface area contributed by atoms with Crippen LogP contribution in [0.1, 0.15) is 49.0 Å². The van der Waals surface area contributed by atoms with Gasteiger partial charge in [0.15, 0.2) is 0 Å². The van der Waals surface area contributed by atoms with Crippen LogP contribution in [0, 0.1) is 0 Å². The van der Waals surface area contributed by atoms with E-state index in [-0.39, 0.29) is 0 Å². The van der Waals surface area contributed by atoms with E-state index in [9.17, 15) is 18.3 Å². The molecule has 42 heavy (non-hydrogen) atoms. The molecule has 1 saturated heterocycles. The van der Waals surface area contributed by atoms with Gasteiger partial charge in [0, 0.05) is 85.3 Å². The van der Waals surface area contributed by atoms with E-state index >= 15 is 0 Å². The third-order valence-electron chi connectivity index (χ3n) is 8.70. The van der Waals surface area contributed by atoms with Gasteiger partial charge in [0.25, 0.3) is 0 Å². The van der Waals surface area contributed by atoms with Gasteiger partial charge in [-0.1, -0.05) is 29.8 Å². The van der Waals surface area contributed by atoms with Crippen molar-refractivity contribution in [2.24, 2.45) is 0 Å². The highest BCUT2D eigenvalue weighted by atomic mass is 35.5. The summed E-state index contributed by atoms with van der Waals surface area (Å²) in [5, 5.41) is 16.9. The molecule has 1 N–H and O–H groups in total. The lowest BCUT2D eigenvalue weighted by Gasteiger charge is -2.33. The summed E-state index contributed by atoms with van der Waals surface area (Å²) in [6, 6.07) is 14.0. The van der Waals surface area contributed by atoms with Crippen molar-refractivity contribution in [2.45, 2.75) is 64.0 Å². The molecule has 1 unspecified atom stereocenters. The molecule has 2 aliphatic heterocycles. The van der Waals surface area contributed by atoms with E-state index in [1.165, 1.54) is 23.0 Å². The van der Waals surface area contributed by atoms with Crippen LogP contribution in [0.25, 0.3) is 22.2 Å². The summed E-state index contributed by atoms with van der Waals surface area (Å²) in [5.74, 6) is 0. The van der Waals surface area contributed by atoms with Crippen LogP contribution in [-0.4, -0.2) is 68.1 Å². The number of nitrogens with zero attached hydrogens (tertiary/aromatic N) is 5. The third-order valence-corrected chi connectivity index (χ3v) is 8.94. The normalized spacial score (nSPS) is 18.0. The number of β-amino-alcohol motifs (C(OH)–C–C–N with tert-alkyl or cyclic N) is 1. The summed E-state index contributed by atoms with van der Waals surface area (Å²) in [5.41, 5.74) is 4.19. The number of aromatic nitrogens is 3. The molecule has 224 valence electrons. The first kappa shape index (κ1) is 29.2. The maximum Gasteiger partial charge on any atom is 0.416 e.